The maximum Gasteiger partial charge on any atom is 0.296 e. The third-order valence-electron chi connectivity index (χ3n) is 2.18. The van der Waals surface area contributed by atoms with Crippen LogP contribution in [0.2, 0.25) is 0 Å². The first-order valence-electron chi connectivity index (χ1n) is 4.27. The van der Waals surface area contributed by atoms with Gasteiger partial charge in [-0.25, -0.2) is 0 Å². The van der Waals surface area contributed by atoms with E-state index in [1.165, 1.54) is 0 Å². The van der Waals surface area contributed by atoms with Crippen molar-refractivity contribution in [2.45, 2.75) is 13.5 Å². The molecule has 0 spiro atoms. The molecular formula is C9H11BrN2O3. The molecule has 5 nitrogen and oxygen atoms in total. The Morgan fingerprint density at radius 1 is 1.67 bits per heavy atom. The summed E-state index contributed by atoms with van der Waals surface area (Å²) in [6.07, 6.45) is 0. The highest BCUT2D eigenvalue weighted by molar-refractivity contribution is 9.10. The zero-order valence-corrected chi connectivity index (χ0v) is 9.96. The molecule has 1 rings (SSSR count). The number of nitrogens with one attached hydrogen (secondary N) is 1. The van der Waals surface area contributed by atoms with E-state index >= 15 is 0 Å². The SMILES string of the molecule is CNc1c(CO)cc(Br)c(C)c1[N+](=O)[O-]. The standard InChI is InChI=1S/C9H11BrN2O3/c1-5-7(10)3-6(4-13)8(11-2)9(5)12(14)15/h3,11,13H,4H2,1-2H3. The topological polar surface area (TPSA) is 75.4 Å². The Kier molecular flexibility index (Phi) is 3.65. The summed E-state index contributed by atoms with van der Waals surface area (Å²) in [7, 11) is 1.59. The highest BCUT2D eigenvalue weighted by Crippen LogP contribution is 2.36. The summed E-state index contributed by atoms with van der Waals surface area (Å²) in [5, 5.41) is 22.7. The minimum absolute atomic E-state index is 0.00377. The highest BCUT2D eigenvalue weighted by Gasteiger charge is 2.22. The normalized spacial score (nSPS) is 10.1. The summed E-state index contributed by atoms with van der Waals surface area (Å²) in [4.78, 5) is 10.4. The predicted octanol–water partition coefficient (Wildman–Crippen LogP) is 2.20. The van der Waals surface area contributed by atoms with Gasteiger partial charge in [-0.2, -0.15) is 0 Å². The largest absolute Gasteiger partial charge is 0.392 e. The van der Waals surface area contributed by atoms with E-state index in [0.717, 1.165) is 0 Å². The van der Waals surface area contributed by atoms with E-state index in [1.54, 1.807) is 20.0 Å². The summed E-state index contributed by atoms with van der Waals surface area (Å²) in [5.74, 6) is 0. The molecule has 0 radical (unpaired) electrons. The van der Waals surface area contributed by atoms with Crippen molar-refractivity contribution in [3.8, 4) is 0 Å². The van der Waals surface area contributed by atoms with Crippen LogP contribution in [-0.2, 0) is 6.61 Å². The van der Waals surface area contributed by atoms with Gasteiger partial charge in [0.05, 0.1) is 11.5 Å². The number of rotatable bonds is 3. The van der Waals surface area contributed by atoms with Crippen LogP contribution in [0, 0.1) is 17.0 Å². The van der Waals surface area contributed by atoms with Crippen molar-refractivity contribution in [2.75, 3.05) is 12.4 Å². The minimum atomic E-state index is -0.453. The maximum absolute atomic E-state index is 10.9. The van der Waals surface area contributed by atoms with Crippen LogP contribution >= 0.6 is 15.9 Å². The molecular weight excluding hydrogens is 264 g/mol. The van der Waals surface area contributed by atoms with Crippen LogP contribution in [0.25, 0.3) is 0 Å². The van der Waals surface area contributed by atoms with E-state index < -0.39 is 4.92 Å². The van der Waals surface area contributed by atoms with Gasteiger partial charge in [-0.15, -0.1) is 0 Å². The fraction of sp³-hybridized carbons (Fsp3) is 0.333. The van der Waals surface area contributed by atoms with Gasteiger partial charge in [0.25, 0.3) is 5.69 Å². The Morgan fingerprint density at radius 3 is 2.67 bits per heavy atom. The molecule has 0 fully saturated rings. The lowest BCUT2D eigenvalue weighted by atomic mass is 10.1. The second-order valence-corrected chi connectivity index (χ2v) is 3.89. The smallest absolute Gasteiger partial charge is 0.296 e. The van der Waals surface area contributed by atoms with Gasteiger partial charge in [-0.05, 0) is 13.0 Å². The highest BCUT2D eigenvalue weighted by atomic mass is 79.9. The van der Waals surface area contributed by atoms with Crippen molar-refractivity contribution < 1.29 is 10.0 Å². The summed E-state index contributed by atoms with van der Waals surface area (Å²) in [6, 6.07) is 1.67. The van der Waals surface area contributed by atoms with Crippen molar-refractivity contribution in [3.63, 3.8) is 0 Å². The lowest BCUT2D eigenvalue weighted by molar-refractivity contribution is -0.384. The van der Waals surface area contributed by atoms with Crippen molar-refractivity contribution >= 4 is 27.3 Å². The van der Waals surface area contributed by atoms with Crippen LogP contribution in [0.5, 0.6) is 0 Å². The molecule has 0 aliphatic heterocycles. The molecule has 2 N–H and O–H groups in total. The molecule has 0 atom stereocenters. The number of nitro benzene ring substituents is 1. The van der Waals surface area contributed by atoms with Crippen molar-refractivity contribution in [1.82, 2.24) is 0 Å². The summed E-state index contributed by atoms with van der Waals surface area (Å²) in [5.41, 5.74) is 1.40. The van der Waals surface area contributed by atoms with Crippen LogP contribution in [0.3, 0.4) is 0 Å². The quantitative estimate of drug-likeness (QED) is 0.655. The maximum atomic E-state index is 10.9. The van der Waals surface area contributed by atoms with Gasteiger partial charge in [0.2, 0.25) is 0 Å². The molecule has 0 heterocycles. The predicted molar refractivity (Wildman–Crippen MR) is 61.0 cm³/mol. The number of nitrogens with zero attached hydrogens (tertiary/aromatic N) is 1. The number of hydrogen-bond acceptors (Lipinski definition) is 4. The Balaban J connectivity index is 3.56. The summed E-state index contributed by atoms with van der Waals surface area (Å²) < 4.78 is 0.622. The molecule has 0 saturated heterocycles. The van der Waals surface area contributed by atoms with E-state index in [0.29, 0.717) is 21.3 Å². The third-order valence-corrected chi connectivity index (χ3v) is 3.00. The molecule has 15 heavy (non-hydrogen) atoms. The van der Waals surface area contributed by atoms with E-state index in [2.05, 4.69) is 21.2 Å². The van der Waals surface area contributed by atoms with Gasteiger partial charge in [0.15, 0.2) is 0 Å². The third kappa shape index (κ3) is 2.10. The Labute approximate surface area is 95.4 Å². The van der Waals surface area contributed by atoms with Crippen molar-refractivity contribution in [2.24, 2.45) is 0 Å². The lowest BCUT2D eigenvalue weighted by Gasteiger charge is -2.11. The molecule has 1 aromatic carbocycles. The van der Waals surface area contributed by atoms with Crippen LogP contribution in [0.1, 0.15) is 11.1 Å². The molecule has 0 unspecified atom stereocenters. The zero-order valence-electron chi connectivity index (χ0n) is 8.37. The van der Waals surface area contributed by atoms with Crippen LogP contribution in [0.4, 0.5) is 11.4 Å². The number of nitro groups is 1. The van der Waals surface area contributed by atoms with E-state index in [-0.39, 0.29) is 12.3 Å². The number of anilines is 1. The van der Waals surface area contributed by atoms with Gasteiger partial charge >= 0.3 is 0 Å². The van der Waals surface area contributed by atoms with Crippen LogP contribution < -0.4 is 5.32 Å². The molecule has 82 valence electrons. The summed E-state index contributed by atoms with van der Waals surface area (Å²) in [6.45, 7) is 1.42. The average Bonchev–Trinajstić information content (AvgIpc) is 2.20. The summed E-state index contributed by atoms with van der Waals surface area (Å²) >= 11 is 3.23. The Hall–Kier alpha value is -1.14. The Bertz CT molecular complexity index is 407. The van der Waals surface area contributed by atoms with Crippen molar-refractivity contribution in [1.29, 1.82) is 0 Å². The van der Waals surface area contributed by atoms with Gasteiger partial charge in [0.1, 0.15) is 5.69 Å². The second kappa shape index (κ2) is 4.59. The fourth-order valence-corrected chi connectivity index (χ4v) is 1.88. The van der Waals surface area contributed by atoms with Gasteiger partial charge in [-0.1, -0.05) is 15.9 Å². The van der Waals surface area contributed by atoms with E-state index in [9.17, 15) is 10.1 Å². The molecule has 6 heteroatoms. The number of aliphatic hydroxyl groups excluding tert-OH is 1. The van der Waals surface area contributed by atoms with Crippen LogP contribution in [-0.4, -0.2) is 17.1 Å². The van der Waals surface area contributed by atoms with E-state index in [1.807, 2.05) is 0 Å². The molecule has 0 saturated carbocycles. The fourth-order valence-electron chi connectivity index (χ4n) is 1.42. The van der Waals surface area contributed by atoms with Crippen LogP contribution in [0.15, 0.2) is 10.5 Å². The second-order valence-electron chi connectivity index (χ2n) is 3.03. The molecule has 0 aliphatic carbocycles. The average molecular weight is 275 g/mol. The molecule has 0 aliphatic rings. The van der Waals surface area contributed by atoms with Crippen molar-refractivity contribution in [3.05, 3.63) is 31.8 Å². The van der Waals surface area contributed by atoms with Gasteiger partial charge in [-0.3, -0.25) is 10.1 Å². The molecule has 0 aromatic heterocycles. The van der Waals surface area contributed by atoms with E-state index in [4.69, 9.17) is 5.11 Å². The zero-order chi connectivity index (χ0) is 11.6. The Morgan fingerprint density at radius 2 is 2.27 bits per heavy atom. The first-order chi connectivity index (χ1) is 7.02. The number of hydrogen-bond donors (Lipinski definition) is 2. The first-order valence-corrected chi connectivity index (χ1v) is 5.07. The number of benzene rings is 1. The molecule has 0 amide bonds. The number of halogens is 1. The number of aliphatic hydroxyl groups is 1. The van der Waals surface area contributed by atoms with Gasteiger partial charge < -0.3 is 10.4 Å². The lowest BCUT2D eigenvalue weighted by Crippen LogP contribution is -2.03. The monoisotopic (exact) mass is 274 g/mol. The molecule has 1 aromatic rings. The first kappa shape index (κ1) is 11.9. The van der Waals surface area contributed by atoms with Gasteiger partial charge in [0, 0.05) is 22.6 Å². The molecule has 0 bridgehead atoms. The minimum Gasteiger partial charge on any atom is -0.392 e.